The Kier molecular flexibility index (Phi) is 13.9. The summed E-state index contributed by atoms with van der Waals surface area (Å²) in [6.07, 6.45) is 5.12. The lowest BCUT2D eigenvalue weighted by Crippen LogP contribution is -1.98. The van der Waals surface area contributed by atoms with E-state index in [4.69, 9.17) is 10.2 Å². The van der Waals surface area contributed by atoms with Crippen molar-refractivity contribution in [3.63, 3.8) is 0 Å². The minimum absolute atomic E-state index is 0.222. The zero-order valence-electron chi connectivity index (χ0n) is 11.2. The van der Waals surface area contributed by atoms with Crippen LogP contribution in [0.5, 0.6) is 0 Å². The van der Waals surface area contributed by atoms with E-state index >= 15 is 0 Å². The summed E-state index contributed by atoms with van der Waals surface area (Å²) in [5.74, 6) is 0.792. The number of carboxylic acids is 1. The zero-order valence-corrected chi connectivity index (χ0v) is 11.2. The maximum Gasteiger partial charge on any atom is 0.303 e. The normalized spacial score (nSPS) is 11.9. The molecule has 0 aromatic heterocycles. The average Bonchev–Trinajstić information content (AvgIpc) is 2.18. The van der Waals surface area contributed by atoms with Gasteiger partial charge >= 0.3 is 5.97 Å². The van der Waals surface area contributed by atoms with E-state index in [1.165, 1.54) is 19.3 Å². The van der Waals surface area contributed by atoms with E-state index < -0.39 is 5.97 Å². The number of aliphatic carboxylic acids is 1. The molecule has 0 aromatic rings. The third-order valence-electron chi connectivity index (χ3n) is 2.40. The van der Waals surface area contributed by atoms with Gasteiger partial charge in [-0.25, -0.2) is 0 Å². The number of hydrogen-bond acceptors (Lipinski definition) is 2. The van der Waals surface area contributed by atoms with Crippen LogP contribution in [0.4, 0.5) is 0 Å². The highest BCUT2D eigenvalue weighted by Gasteiger charge is 2.01. The average molecular weight is 232 g/mol. The lowest BCUT2D eigenvalue weighted by molar-refractivity contribution is -0.136. The van der Waals surface area contributed by atoms with Crippen molar-refractivity contribution in [1.29, 1.82) is 0 Å². The molecule has 0 aliphatic carbocycles. The lowest BCUT2D eigenvalue weighted by atomic mass is 9.98. The smallest absolute Gasteiger partial charge is 0.303 e. The van der Waals surface area contributed by atoms with Gasteiger partial charge in [-0.1, -0.05) is 47.0 Å². The Morgan fingerprint density at radius 3 is 1.94 bits per heavy atom. The molecule has 0 aliphatic rings. The highest BCUT2D eigenvalue weighted by molar-refractivity contribution is 5.66. The first-order valence-corrected chi connectivity index (χ1v) is 6.26. The van der Waals surface area contributed by atoms with E-state index in [2.05, 4.69) is 20.8 Å². The summed E-state index contributed by atoms with van der Waals surface area (Å²) < 4.78 is 0. The molecule has 0 unspecified atom stereocenters. The van der Waals surface area contributed by atoms with Gasteiger partial charge in [0, 0.05) is 13.0 Å². The fourth-order valence-corrected chi connectivity index (χ4v) is 1.24. The zero-order chi connectivity index (χ0) is 13.0. The van der Waals surface area contributed by atoms with E-state index in [0.29, 0.717) is 12.5 Å². The molecule has 0 spiro atoms. The molecule has 0 bridgehead atoms. The Balaban J connectivity index is 0. The number of aliphatic hydroxyl groups is 1. The minimum Gasteiger partial charge on any atom is -0.481 e. The molecule has 0 aliphatic heterocycles. The van der Waals surface area contributed by atoms with Gasteiger partial charge in [-0.05, 0) is 18.3 Å². The fraction of sp³-hybridized carbons (Fsp3) is 0.923. The molecular formula is C13H28O3. The molecule has 3 nitrogen and oxygen atoms in total. The van der Waals surface area contributed by atoms with Crippen LogP contribution in [0.15, 0.2) is 0 Å². The summed E-state index contributed by atoms with van der Waals surface area (Å²) in [5.41, 5.74) is 0. The third kappa shape index (κ3) is 19.1. The van der Waals surface area contributed by atoms with Gasteiger partial charge in [0.2, 0.25) is 0 Å². The quantitative estimate of drug-likeness (QED) is 0.708. The Bertz CT molecular complexity index is 155. The molecule has 0 radical (unpaired) electrons. The lowest BCUT2D eigenvalue weighted by Gasteiger charge is -2.09. The molecule has 0 saturated heterocycles. The Morgan fingerprint density at radius 2 is 1.62 bits per heavy atom. The van der Waals surface area contributed by atoms with Crippen molar-refractivity contribution in [3.05, 3.63) is 0 Å². The maximum atomic E-state index is 9.37. The van der Waals surface area contributed by atoms with Crippen LogP contribution in [0.1, 0.15) is 59.8 Å². The fourth-order valence-electron chi connectivity index (χ4n) is 1.24. The van der Waals surface area contributed by atoms with Crippen molar-refractivity contribution in [2.45, 2.75) is 59.8 Å². The molecule has 0 fully saturated rings. The molecule has 0 saturated carbocycles. The minimum atomic E-state index is -0.745. The largest absolute Gasteiger partial charge is 0.481 e. The summed E-state index contributed by atoms with van der Waals surface area (Å²) in [6.45, 7) is 8.69. The highest BCUT2D eigenvalue weighted by Crippen LogP contribution is 2.14. The van der Waals surface area contributed by atoms with Crippen molar-refractivity contribution >= 4 is 5.97 Å². The maximum absolute atomic E-state index is 9.37. The van der Waals surface area contributed by atoms with E-state index in [0.717, 1.165) is 12.3 Å². The van der Waals surface area contributed by atoms with Crippen LogP contribution in [0, 0.1) is 11.8 Å². The van der Waals surface area contributed by atoms with Gasteiger partial charge in [0.05, 0.1) is 0 Å². The van der Waals surface area contributed by atoms with Gasteiger partial charge in [0.25, 0.3) is 0 Å². The van der Waals surface area contributed by atoms with Crippen LogP contribution >= 0.6 is 0 Å². The van der Waals surface area contributed by atoms with Crippen LogP contribution < -0.4 is 0 Å². The van der Waals surface area contributed by atoms with Crippen LogP contribution in [-0.2, 0) is 4.79 Å². The predicted molar refractivity (Wildman–Crippen MR) is 67.5 cm³/mol. The third-order valence-corrected chi connectivity index (χ3v) is 2.40. The van der Waals surface area contributed by atoms with Gasteiger partial charge in [-0.3, -0.25) is 4.79 Å². The monoisotopic (exact) mass is 232 g/mol. The SMILES string of the molecule is CC(C)CCC[C@H](C)CCO.CCC(=O)O. The number of aliphatic hydroxyl groups excluding tert-OH is 1. The molecule has 98 valence electrons. The van der Waals surface area contributed by atoms with Crippen molar-refractivity contribution in [2.75, 3.05) is 6.61 Å². The van der Waals surface area contributed by atoms with E-state index in [9.17, 15) is 4.79 Å². The van der Waals surface area contributed by atoms with Crippen molar-refractivity contribution in [3.8, 4) is 0 Å². The molecular weight excluding hydrogens is 204 g/mol. The van der Waals surface area contributed by atoms with E-state index in [1.54, 1.807) is 6.92 Å². The summed E-state index contributed by atoms with van der Waals surface area (Å²) >= 11 is 0. The molecule has 3 heteroatoms. The van der Waals surface area contributed by atoms with Crippen LogP contribution in [0.25, 0.3) is 0 Å². The highest BCUT2D eigenvalue weighted by atomic mass is 16.4. The topological polar surface area (TPSA) is 57.5 Å². The predicted octanol–water partition coefficient (Wildman–Crippen LogP) is 3.31. The number of carboxylic acid groups (broad SMARTS) is 1. The number of rotatable bonds is 7. The summed E-state index contributed by atoms with van der Waals surface area (Å²) in [4.78, 5) is 9.37. The van der Waals surface area contributed by atoms with Crippen LogP contribution in [0.2, 0.25) is 0 Å². The van der Waals surface area contributed by atoms with Gasteiger partial charge < -0.3 is 10.2 Å². The van der Waals surface area contributed by atoms with Gasteiger partial charge in [-0.2, -0.15) is 0 Å². The molecule has 0 amide bonds. The number of hydrogen-bond donors (Lipinski definition) is 2. The second kappa shape index (κ2) is 12.5. The molecule has 0 aromatic carbocycles. The van der Waals surface area contributed by atoms with Crippen molar-refractivity contribution < 1.29 is 15.0 Å². The van der Waals surface area contributed by atoms with Gasteiger partial charge in [0.15, 0.2) is 0 Å². The van der Waals surface area contributed by atoms with Crippen LogP contribution in [0.3, 0.4) is 0 Å². The molecule has 0 rings (SSSR count). The van der Waals surface area contributed by atoms with Gasteiger partial charge in [0.1, 0.15) is 0 Å². The number of carbonyl (C=O) groups is 1. The standard InChI is InChI=1S/C10H22O.C3H6O2/c1-9(2)5-4-6-10(3)7-8-11;1-2-3(4)5/h9-11H,4-8H2,1-3H3;2H2,1H3,(H,4,5)/t10-;/m0./s1. The Morgan fingerprint density at radius 1 is 1.12 bits per heavy atom. The van der Waals surface area contributed by atoms with Crippen molar-refractivity contribution in [2.24, 2.45) is 11.8 Å². The second-order valence-electron chi connectivity index (χ2n) is 4.69. The summed E-state index contributed by atoms with van der Waals surface area (Å²) in [7, 11) is 0. The van der Waals surface area contributed by atoms with E-state index in [-0.39, 0.29) is 6.42 Å². The van der Waals surface area contributed by atoms with Crippen LogP contribution in [-0.4, -0.2) is 22.8 Å². The molecule has 2 N–H and O–H groups in total. The Labute approximate surface area is 99.9 Å². The second-order valence-corrected chi connectivity index (χ2v) is 4.69. The summed E-state index contributed by atoms with van der Waals surface area (Å²) in [6, 6.07) is 0. The Hall–Kier alpha value is -0.570. The first-order chi connectivity index (χ1) is 7.43. The van der Waals surface area contributed by atoms with Crippen molar-refractivity contribution in [1.82, 2.24) is 0 Å². The van der Waals surface area contributed by atoms with Gasteiger partial charge in [-0.15, -0.1) is 0 Å². The molecule has 0 heterocycles. The molecule has 1 atom stereocenters. The van der Waals surface area contributed by atoms with E-state index in [1.807, 2.05) is 0 Å². The molecule has 16 heavy (non-hydrogen) atoms. The first kappa shape index (κ1) is 17.8. The summed E-state index contributed by atoms with van der Waals surface area (Å²) in [5, 5.41) is 16.4. The first-order valence-electron chi connectivity index (χ1n) is 6.26.